The highest BCUT2D eigenvalue weighted by Gasteiger charge is 2.04. The predicted octanol–water partition coefficient (Wildman–Crippen LogP) is 3.24. The molecule has 5 nitrogen and oxygen atoms in total. The molecule has 0 radical (unpaired) electrons. The van der Waals surface area contributed by atoms with Crippen molar-refractivity contribution >= 4 is 17.3 Å². The first-order valence-corrected chi connectivity index (χ1v) is 8.11. The average molecular weight is 315 g/mol. The van der Waals surface area contributed by atoms with E-state index in [9.17, 15) is 4.79 Å². The van der Waals surface area contributed by atoms with Gasteiger partial charge >= 0.3 is 0 Å². The number of carbonyl (C=O) groups is 1. The monoisotopic (exact) mass is 315 g/mol. The summed E-state index contributed by atoms with van der Waals surface area (Å²) in [5.41, 5.74) is 2.25. The Morgan fingerprint density at radius 1 is 1.13 bits per heavy atom. The van der Waals surface area contributed by atoms with Crippen molar-refractivity contribution in [3.05, 3.63) is 48.4 Å². The van der Waals surface area contributed by atoms with Crippen LogP contribution in [0.1, 0.15) is 26.0 Å². The van der Waals surface area contributed by atoms with Gasteiger partial charge in [-0.15, -0.1) is 0 Å². The molecule has 0 unspecified atom stereocenters. The highest BCUT2D eigenvalue weighted by molar-refractivity contribution is 5.76. The zero-order valence-corrected chi connectivity index (χ0v) is 13.8. The Balaban J connectivity index is 1.70. The Kier molecular flexibility index (Phi) is 6.54. The molecular formula is C18H25N3O2. The number of rotatable bonds is 9. The molecule has 0 atom stereocenters. The fraction of sp³-hybridized carbons (Fsp3) is 0.389. The second-order valence-corrected chi connectivity index (χ2v) is 5.25. The van der Waals surface area contributed by atoms with Gasteiger partial charge in [0.15, 0.2) is 0 Å². The zero-order chi connectivity index (χ0) is 16.5. The molecule has 0 aliphatic heterocycles. The maximum absolute atomic E-state index is 11.8. The van der Waals surface area contributed by atoms with E-state index in [0.717, 1.165) is 24.5 Å². The summed E-state index contributed by atoms with van der Waals surface area (Å²) < 4.78 is 5.17. The topological polar surface area (TPSA) is 57.5 Å². The van der Waals surface area contributed by atoms with Gasteiger partial charge < -0.3 is 20.0 Å². The molecule has 0 saturated carbocycles. The first-order chi connectivity index (χ1) is 11.2. The summed E-state index contributed by atoms with van der Waals surface area (Å²) in [6.07, 6.45) is 2.03. The molecule has 0 fully saturated rings. The van der Waals surface area contributed by atoms with Gasteiger partial charge in [0.25, 0.3) is 0 Å². The molecule has 0 bridgehead atoms. The number of furan rings is 1. The minimum atomic E-state index is 0.00802. The highest BCUT2D eigenvalue weighted by atomic mass is 16.3. The minimum Gasteiger partial charge on any atom is -0.467 e. The van der Waals surface area contributed by atoms with Crippen molar-refractivity contribution < 1.29 is 9.21 Å². The molecule has 1 amide bonds. The summed E-state index contributed by atoms with van der Waals surface area (Å²) in [4.78, 5) is 14.0. The normalized spacial score (nSPS) is 10.3. The first kappa shape index (κ1) is 16.9. The Morgan fingerprint density at radius 2 is 1.87 bits per heavy atom. The molecule has 124 valence electrons. The molecule has 1 heterocycles. The minimum absolute atomic E-state index is 0.00802. The van der Waals surface area contributed by atoms with E-state index in [-0.39, 0.29) is 5.91 Å². The molecule has 1 aromatic carbocycles. The number of amides is 1. The van der Waals surface area contributed by atoms with Crippen molar-refractivity contribution in [3.63, 3.8) is 0 Å². The van der Waals surface area contributed by atoms with Gasteiger partial charge in [0.05, 0.1) is 12.8 Å². The number of anilines is 2. The maximum Gasteiger partial charge on any atom is 0.222 e. The molecule has 23 heavy (non-hydrogen) atoms. The molecule has 0 saturated heterocycles. The van der Waals surface area contributed by atoms with Crippen LogP contribution in [0.15, 0.2) is 47.1 Å². The van der Waals surface area contributed by atoms with Crippen LogP contribution >= 0.6 is 0 Å². The van der Waals surface area contributed by atoms with Gasteiger partial charge in [0.1, 0.15) is 5.76 Å². The SMILES string of the molecule is CCN(CC)c1ccc(NCCC(=O)NCc2ccco2)cc1. The van der Waals surface area contributed by atoms with E-state index < -0.39 is 0 Å². The first-order valence-electron chi connectivity index (χ1n) is 8.11. The summed E-state index contributed by atoms with van der Waals surface area (Å²) >= 11 is 0. The van der Waals surface area contributed by atoms with Crippen LogP contribution in [0.4, 0.5) is 11.4 Å². The zero-order valence-electron chi connectivity index (χ0n) is 13.8. The van der Waals surface area contributed by atoms with Crippen LogP contribution in [-0.2, 0) is 11.3 Å². The average Bonchev–Trinajstić information content (AvgIpc) is 3.09. The molecular weight excluding hydrogens is 290 g/mol. The van der Waals surface area contributed by atoms with Crippen LogP contribution in [0.2, 0.25) is 0 Å². The van der Waals surface area contributed by atoms with Gasteiger partial charge in [-0.25, -0.2) is 0 Å². The van der Waals surface area contributed by atoms with E-state index in [4.69, 9.17) is 4.42 Å². The number of benzene rings is 1. The molecule has 1 aromatic heterocycles. The summed E-state index contributed by atoms with van der Waals surface area (Å²) in [6.45, 7) is 7.34. The lowest BCUT2D eigenvalue weighted by Crippen LogP contribution is -2.24. The third-order valence-electron chi connectivity index (χ3n) is 3.72. The molecule has 0 aliphatic rings. The van der Waals surface area contributed by atoms with Crippen LogP contribution in [0.5, 0.6) is 0 Å². The number of hydrogen-bond acceptors (Lipinski definition) is 4. The quantitative estimate of drug-likeness (QED) is 0.746. The van der Waals surface area contributed by atoms with E-state index >= 15 is 0 Å². The number of hydrogen-bond donors (Lipinski definition) is 2. The van der Waals surface area contributed by atoms with E-state index in [1.54, 1.807) is 6.26 Å². The number of carbonyl (C=O) groups excluding carboxylic acids is 1. The molecule has 2 rings (SSSR count). The van der Waals surface area contributed by atoms with Crippen molar-refractivity contribution in [1.82, 2.24) is 5.32 Å². The van der Waals surface area contributed by atoms with Crippen molar-refractivity contribution in [3.8, 4) is 0 Å². The summed E-state index contributed by atoms with van der Waals surface area (Å²) in [5.74, 6) is 0.770. The van der Waals surface area contributed by atoms with Gasteiger partial charge in [-0.2, -0.15) is 0 Å². The van der Waals surface area contributed by atoms with Crippen LogP contribution in [0.3, 0.4) is 0 Å². The fourth-order valence-corrected chi connectivity index (χ4v) is 2.39. The van der Waals surface area contributed by atoms with E-state index in [1.807, 2.05) is 12.1 Å². The van der Waals surface area contributed by atoms with Gasteiger partial charge in [-0.05, 0) is 50.2 Å². The number of nitrogens with one attached hydrogen (secondary N) is 2. The number of nitrogens with zero attached hydrogens (tertiary/aromatic N) is 1. The third-order valence-corrected chi connectivity index (χ3v) is 3.72. The largest absolute Gasteiger partial charge is 0.467 e. The maximum atomic E-state index is 11.8. The van der Waals surface area contributed by atoms with Gasteiger partial charge in [-0.3, -0.25) is 4.79 Å². The third kappa shape index (κ3) is 5.36. The highest BCUT2D eigenvalue weighted by Crippen LogP contribution is 2.17. The van der Waals surface area contributed by atoms with Crippen molar-refractivity contribution in [2.45, 2.75) is 26.8 Å². The molecule has 2 N–H and O–H groups in total. The van der Waals surface area contributed by atoms with Crippen molar-refractivity contribution in [2.75, 3.05) is 29.9 Å². The molecule has 5 heteroatoms. The Labute approximate surface area is 137 Å². The summed E-state index contributed by atoms with van der Waals surface area (Å²) in [5, 5.41) is 6.10. The molecule has 2 aromatic rings. The van der Waals surface area contributed by atoms with Crippen LogP contribution in [0, 0.1) is 0 Å². The standard InChI is InChI=1S/C18H25N3O2/c1-3-21(4-2)16-9-7-15(8-10-16)19-12-11-18(22)20-14-17-6-5-13-23-17/h5-10,13,19H,3-4,11-12,14H2,1-2H3,(H,20,22). The second kappa shape index (κ2) is 8.88. The van der Waals surface area contributed by atoms with E-state index in [2.05, 4.69) is 53.6 Å². The van der Waals surface area contributed by atoms with E-state index in [0.29, 0.717) is 19.5 Å². The smallest absolute Gasteiger partial charge is 0.222 e. The van der Waals surface area contributed by atoms with Gasteiger partial charge in [0.2, 0.25) is 5.91 Å². The van der Waals surface area contributed by atoms with Gasteiger partial charge in [-0.1, -0.05) is 0 Å². The van der Waals surface area contributed by atoms with Crippen LogP contribution in [-0.4, -0.2) is 25.5 Å². The lowest BCUT2D eigenvalue weighted by molar-refractivity contribution is -0.121. The van der Waals surface area contributed by atoms with Crippen molar-refractivity contribution in [1.29, 1.82) is 0 Å². The summed E-state index contributed by atoms with van der Waals surface area (Å²) in [6, 6.07) is 12.0. The predicted molar refractivity (Wildman–Crippen MR) is 93.7 cm³/mol. The van der Waals surface area contributed by atoms with Crippen LogP contribution in [0.25, 0.3) is 0 Å². The van der Waals surface area contributed by atoms with Gasteiger partial charge in [0, 0.05) is 37.4 Å². The Hall–Kier alpha value is -2.43. The van der Waals surface area contributed by atoms with Crippen molar-refractivity contribution in [2.24, 2.45) is 0 Å². The lowest BCUT2D eigenvalue weighted by atomic mass is 10.2. The second-order valence-electron chi connectivity index (χ2n) is 5.25. The van der Waals surface area contributed by atoms with E-state index in [1.165, 1.54) is 5.69 Å². The molecule has 0 spiro atoms. The molecule has 0 aliphatic carbocycles. The lowest BCUT2D eigenvalue weighted by Gasteiger charge is -2.21. The Morgan fingerprint density at radius 3 is 2.48 bits per heavy atom. The Bertz CT molecular complexity index is 575. The van der Waals surface area contributed by atoms with Crippen LogP contribution < -0.4 is 15.5 Å². The fourth-order valence-electron chi connectivity index (χ4n) is 2.39. The summed E-state index contributed by atoms with van der Waals surface area (Å²) in [7, 11) is 0.